The van der Waals surface area contributed by atoms with Crippen molar-refractivity contribution in [1.82, 2.24) is 10.2 Å². The lowest BCUT2D eigenvalue weighted by atomic mass is 9.93. The fourth-order valence-electron chi connectivity index (χ4n) is 2.20. The van der Waals surface area contributed by atoms with Crippen molar-refractivity contribution in [2.45, 2.75) is 13.8 Å². The van der Waals surface area contributed by atoms with Gasteiger partial charge >= 0.3 is 0 Å². The molecule has 2 atom stereocenters. The molecule has 0 spiro atoms. The summed E-state index contributed by atoms with van der Waals surface area (Å²) >= 11 is 0. The SMILES string of the molecule is C=CC(=C)N(CC)CC(C)C1C=CNC1=NC=NCN. The molecule has 1 heterocycles. The molecule has 0 aromatic heterocycles. The van der Waals surface area contributed by atoms with Gasteiger partial charge in [0.1, 0.15) is 12.2 Å². The summed E-state index contributed by atoms with van der Waals surface area (Å²) in [5.74, 6) is 1.57. The Bertz CT molecular complexity index is 422. The first kappa shape index (κ1) is 16.2. The first-order chi connectivity index (χ1) is 9.63. The molecule has 110 valence electrons. The molecular weight excluding hydrogens is 250 g/mol. The van der Waals surface area contributed by atoms with Crippen LogP contribution in [0.2, 0.25) is 0 Å². The van der Waals surface area contributed by atoms with E-state index in [0.717, 1.165) is 24.6 Å². The smallest absolute Gasteiger partial charge is 0.115 e. The topological polar surface area (TPSA) is 66.0 Å². The van der Waals surface area contributed by atoms with Crippen LogP contribution in [0.25, 0.3) is 0 Å². The van der Waals surface area contributed by atoms with E-state index in [1.165, 1.54) is 6.34 Å². The highest BCUT2D eigenvalue weighted by atomic mass is 15.1. The number of nitrogens with two attached hydrogens (primary N) is 1. The van der Waals surface area contributed by atoms with Crippen molar-refractivity contribution in [2.24, 2.45) is 27.6 Å². The minimum atomic E-state index is 0.255. The minimum Gasteiger partial charge on any atom is -0.372 e. The normalized spacial score (nSPS) is 21.1. The number of allylic oxidation sites excluding steroid dienone is 1. The Morgan fingerprint density at radius 1 is 1.65 bits per heavy atom. The largest absolute Gasteiger partial charge is 0.372 e. The Hall–Kier alpha value is -1.88. The van der Waals surface area contributed by atoms with E-state index in [1.54, 1.807) is 6.08 Å². The molecule has 20 heavy (non-hydrogen) atoms. The highest BCUT2D eigenvalue weighted by molar-refractivity contribution is 5.94. The third-order valence-electron chi connectivity index (χ3n) is 3.38. The predicted molar refractivity (Wildman–Crippen MR) is 86.5 cm³/mol. The number of rotatable bonds is 8. The fourth-order valence-corrected chi connectivity index (χ4v) is 2.20. The van der Waals surface area contributed by atoms with Crippen LogP contribution in [0.5, 0.6) is 0 Å². The molecular formula is C15H25N5. The first-order valence-corrected chi connectivity index (χ1v) is 6.89. The zero-order valence-electron chi connectivity index (χ0n) is 12.4. The Labute approximate surface area is 121 Å². The number of hydrogen-bond acceptors (Lipinski definition) is 3. The van der Waals surface area contributed by atoms with Crippen LogP contribution in [-0.4, -0.2) is 36.8 Å². The lowest BCUT2D eigenvalue weighted by Gasteiger charge is -2.29. The molecule has 0 fully saturated rings. The summed E-state index contributed by atoms with van der Waals surface area (Å²) in [7, 11) is 0. The van der Waals surface area contributed by atoms with Crippen molar-refractivity contribution in [3.8, 4) is 0 Å². The average molecular weight is 275 g/mol. The van der Waals surface area contributed by atoms with Crippen molar-refractivity contribution in [1.29, 1.82) is 0 Å². The quantitative estimate of drug-likeness (QED) is 0.403. The van der Waals surface area contributed by atoms with Gasteiger partial charge in [-0.15, -0.1) is 0 Å². The third-order valence-corrected chi connectivity index (χ3v) is 3.38. The van der Waals surface area contributed by atoms with Gasteiger partial charge < -0.3 is 16.0 Å². The number of nitrogens with one attached hydrogen (secondary N) is 1. The monoisotopic (exact) mass is 275 g/mol. The van der Waals surface area contributed by atoms with E-state index in [0.29, 0.717) is 5.92 Å². The molecule has 2 unspecified atom stereocenters. The standard InChI is InChI=1S/C15H25N5/c1-5-13(4)20(6-2)9-12(3)14-7-8-18-15(14)19-11-17-10-16/h5,7-8,11-12,14H,1,4,6,9-10,16H2,2-3H3,(H,17,18,19). The maximum Gasteiger partial charge on any atom is 0.115 e. The summed E-state index contributed by atoms with van der Waals surface area (Å²) < 4.78 is 0. The molecule has 0 aromatic rings. The summed E-state index contributed by atoms with van der Waals surface area (Å²) in [6.07, 6.45) is 7.36. The van der Waals surface area contributed by atoms with Gasteiger partial charge in [0.15, 0.2) is 0 Å². The van der Waals surface area contributed by atoms with Crippen LogP contribution in [-0.2, 0) is 0 Å². The molecule has 5 heteroatoms. The van der Waals surface area contributed by atoms with E-state index in [9.17, 15) is 0 Å². The molecule has 3 N–H and O–H groups in total. The molecule has 0 amide bonds. The van der Waals surface area contributed by atoms with E-state index >= 15 is 0 Å². The summed E-state index contributed by atoms with van der Waals surface area (Å²) in [6, 6.07) is 0. The maximum atomic E-state index is 5.31. The van der Waals surface area contributed by atoms with E-state index in [1.807, 2.05) is 6.20 Å². The van der Waals surface area contributed by atoms with Crippen LogP contribution in [0.15, 0.2) is 47.2 Å². The number of likely N-dealkylation sites (N-methyl/N-ethyl adjacent to an activating group) is 1. The summed E-state index contributed by atoms with van der Waals surface area (Å²) in [5, 5.41) is 3.16. The lowest BCUT2D eigenvalue weighted by molar-refractivity contribution is 0.302. The van der Waals surface area contributed by atoms with Gasteiger partial charge in [-0.1, -0.05) is 26.2 Å². The van der Waals surface area contributed by atoms with Crippen LogP contribution in [0.3, 0.4) is 0 Å². The highest BCUT2D eigenvalue weighted by Crippen LogP contribution is 2.20. The molecule has 1 rings (SSSR count). The van der Waals surface area contributed by atoms with Gasteiger partial charge in [-0.2, -0.15) is 0 Å². The Kier molecular flexibility index (Phi) is 6.73. The molecule has 0 saturated heterocycles. The molecule has 0 aliphatic carbocycles. The fraction of sp³-hybridized carbons (Fsp3) is 0.467. The molecule has 0 bridgehead atoms. The zero-order valence-corrected chi connectivity index (χ0v) is 12.4. The molecule has 1 aliphatic heterocycles. The molecule has 0 aromatic carbocycles. The van der Waals surface area contributed by atoms with Crippen molar-refractivity contribution < 1.29 is 0 Å². The predicted octanol–water partition coefficient (Wildman–Crippen LogP) is 1.72. The molecule has 0 radical (unpaired) electrons. The van der Waals surface area contributed by atoms with Crippen molar-refractivity contribution in [3.63, 3.8) is 0 Å². The van der Waals surface area contributed by atoms with E-state index < -0.39 is 0 Å². The maximum absolute atomic E-state index is 5.31. The van der Waals surface area contributed by atoms with Gasteiger partial charge in [0.2, 0.25) is 0 Å². The van der Waals surface area contributed by atoms with Gasteiger partial charge in [-0.25, -0.2) is 4.99 Å². The molecule has 0 saturated carbocycles. The lowest BCUT2D eigenvalue weighted by Crippen LogP contribution is -2.33. The van der Waals surface area contributed by atoms with E-state index in [4.69, 9.17) is 5.73 Å². The first-order valence-electron chi connectivity index (χ1n) is 6.89. The second kappa shape index (κ2) is 8.32. The van der Waals surface area contributed by atoms with Crippen molar-refractivity contribution >= 4 is 12.2 Å². The molecule has 1 aliphatic rings. The van der Waals surface area contributed by atoms with Gasteiger partial charge in [-0.05, 0) is 25.1 Å². The van der Waals surface area contributed by atoms with Gasteiger partial charge in [0.25, 0.3) is 0 Å². The summed E-state index contributed by atoms with van der Waals surface area (Å²) in [5.41, 5.74) is 6.27. The minimum absolute atomic E-state index is 0.255. The number of hydrogen-bond donors (Lipinski definition) is 2. The van der Waals surface area contributed by atoms with Crippen molar-refractivity contribution in [2.75, 3.05) is 19.8 Å². The Balaban J connectivity index is 2.69. The van der Waals surface area contributed by atoms with Crippen LogP contribution in [0, 0.1) is 11.8 Å². The Morgan fingerprint density at radius 3 is 3.00 bits per heavy atom. The second-order valence-corrected chi connectivity index (χ2v) is 4.74. The van der Waals surface area contributed by atoms with Crippen LogP contribution >= 0.6 is 0 Å². The summed E-state index contributed by atoms with van der Waals surface area (Å²) in [4.78, 5) is 10.4. The number of aliphatic imine (C=N–C) groups is 2. The Morgan fingerprint density at radius 2 is 2.40 bits per heavy atom. The highest BCUT2D eigenvalue weighted by Gasteiger charge is 2.25. The van der Waals surface area contributed by atoms with E-state index in [2.05, 4.69) is 53.3 Å². The van der Waals surface area contributed by atoms with Gasteiger partial charge in [0.05, 0.1) is 6.67 Å². The van der Waals surface area contributed by atoms with Gasteiger partial charge in [0, 0.05) is 24.7 Å². The zero-order chi connectivity index (χ0) is 15.0. The van der Waals surface area contributed by atoms with Gasteiger partial charge in [-0.3, -0.25) is 4.99 Å². The van der Waals surface area contributed by atoms with Crippen LogP contribution in [0.4, 0.5) is 0 Å². The number of nitrogens with zero attached hydrogens (tertiary/aromatic N) is 3. The average Bonchev–Trinajstić information content (AvgIpc) is 2.92. The van der Waals surface area contributed by atoms with Crippen molar-refractivity contribution in [3.05, 3.63) is 37.2 Å². The third kappa shape index (κ3) is 4.35. The second-order valence-electron chi connectivity index (χ2n) is 4.74. The van der Waals surface area contributed by atoms with Crippen LogP contribution in [0.1, 0.15) is 13.8 Å². The number of amidine groups is 1. The summed E-state index contributed by atoms with van der Waals surface area (Å²) in [6.45, 7) is 14.2. The van der Waals surface area contributed by atoms with E-state index in [-0.39, 0.29) is 12.6 Å². The van der Waals surface area contributed by atoms with Crippen LogP contribution < -0.4 is 11.1 Å². The molecule has 5 nitrogen and oxygen atoms in total.